The van der Waals surface area contributed by atoms with Crippen molar-refractivity contribution in [2.75, 3.05) is 104 Å². The number of anilines is 1. The predicted octanol–water partition coefficient (Wildman–Crippen LogP) is -0.997. The Morgan fingerprint density at radius 2 is 1.30 bits per heavy atom. The molecule has 21 heteroatoms. The quantitative estimate of drug-likeness (QED) is 0.0867. The third-order valence-electron chi connectivity index (χ3n) is 8.28. The highest BCUT2D eigenvalue weighted by atomic mass is 16.6. The molecule has 1 aliphatic rings. The summed E-state index contributed by atoms with van der Waals surface area (Å²) in [4.78, 5) is 90.0. The van der Waals surface area contributed by atoms with Crippen LogP contribution in [0.3, 0.4) is 0 Å². The van der Waals surface area contributed by atoms with Crippen molar-refractivity contribution in [3.05, 3.63) is 23.8 Å². The van der Waals surface area contributed by atoms with Gasteiger partial charge in [0.05, 0.1) is 110 Å². The molecule has 5 amide bonds. The number of carbonyl (C=O) groups excluding carboxylic acids is 6. The molecule has 6 N–H and O–H groups in total. The van der Waals surface area contributed by atoms with Crippen LogP contribution in [0.1, 0.15) is 38.7 Å². The molecule has 1 aromatic rings. The highest BCUT2D eigenvalue weighted by Gasteiger charge is 2.21. The van der Waals surface area contributed by atoms with E-state index in [1.165, 1.54) is 13.0 Å². The van der Waals surface area contributed by atoms with E-state index in [2.05, 4.69) is 50.1 Å². The van der Waals surface area contributed by atoms with E-state index in [-0.39, 0.29) is 129 Å². The summed E-state index contributed by atoms with van der Waals surface area (Å²) in [6.45, 7) is 8.77. The van der Waals surface area contributed by atoms with Crippen LogP contribution >= 0.6 is 0 Å². The van der Waals surface area contributed by atoms with Gasteiger partial charge in [0, 0.05) is 31.4 Å². The summed E-state index contributed by atoms with van der Waals surface area (Å²) in [6.07, 6.45) is 0.325. The minimum Gasteiger partial charge on any atom is -0.481 e. The highest BCUT2D eigenvalue weighted by Crippen LogP contribution is 2.28. The number of carbonyl (C=O) groups is 7. The minimum absolute atomic E-state index is 0.00825. The van der Waals surface area contributed by atoms with Crippen molar-refractivity contribution < 1.29 is 71.8 Å². The molecule has 0 aliphatic carbocycles. The first-order valence-corrected chi connectivity index (χ1v) is 19.8. The molecule has 2 unspecified atom stereocenters. The molecule has 338 valence electrons. The fraction of sp³-hybridized carbons (Fsp3) is 0.600. The number of nitrogens with one attached hydrogen (secondary N) is 5. The van der Waals surface area contributed by atoms with E-state index in [1.54, 1.807) is 19.1 Å². The first-order valence-electron chi connectivity index (χ1n) is 19.8. The molecule has 0 bridgehead atoms. The topological polar surface area (TPSA) is 277 Å². The van der Waals surface area contributed by atoms with E-state index in [0.29, 0.717) is 5.56 Å². The second-order valence-corrected chi connectivity index (χ2v) is 13.3. The van der Waals surface area contributed by atoms with Gasteiger partial charge in [0.1, 0.15) is 6.04 Å². The van der Waals surface area contributed by atoms with Crippen LogP contribution in [0.4, 0.5) is 5.69 Å². The molecule has 21 nitrogen and oxygen atoms in total. The van der Waals surface area contributed by atoms with Crippen LogP contribution < -0.4 is 31.3 Å². The minimum atomic E-state index is -0.981. The van der Waals surface area contributed by atoms with Crippen LogP contribution in [0.25, 0.3) is 0 Å². The number of fused-ring (bicyclic) bond motifs is 1. The van der Waals surface area contributed by atoms with Gasteiger partial charge in [0.2, 0.25) is 17.7 Å². The zero-order valence-electron chi connectivity index (χ0n) is 34.7. The number of benzene rings is 1. The maximum atomic E-state index is 13.0. The van der Waals surface area contributed by atoms with Crippen LogP contribution in [0.2, 0.25) is 0 Å². The molecule has 3 atom stereocenters. The number of hydrogen-bond acceptors (Lipinski definition) is 15. The summed E-state index contributed by atoms with van der Waals surface area (Å²) in [7, 11) is 0. The fourth-order valence-corrected chi connectivity index (χ4v) is 5.04. The number of amides is 5. The average Bonchev–Trinajstić information content (AvgIpc) is 3.22. The number of carboxylic acids is 1. The molecule has 0 aromatic heterocycles. The summed E-state index contributed by atoms with van der Waals surface area (Å²) in [5.74, 6) is -0.926. The van der Waals surface area contributed by atoms with E-state index in [9.17, 15) is 38.7 Å². The molecular weight excluding hydrogens is 804 g/mol. The molecule has 0 radical (unpaired) electrons. The Hall–Kier alpha value is -5.50. The summed E-state index contributed by atoms with van der Waals surface area (Å²) in [5, 5.41) is 22.0. The fourth-order valence-electron chi connectivity index (χ4n) is 5.04. The van der Waals surface area contributed by atoms with Gasteiger partial charge in [-0.2, -0.15) is 0 Å². The number of hydrogen-bond donors (Lipinski definition) is 6. The summed E-state index contributed by atoms with van der Waals surface area (Å²) >= 11 is 0. The van der Waals surface area contributed by atoms with E-state index in [1.807, 2.05) is 0 Å². The third kappa shape index (κ3) is 25.0. The first-order chi connectivity index (χ1) is 29.4. The Bertz CT molecular complexity index is 1650. The van der Waals surface area contributed by atoms with E-state index < -0.39 is 66.0 Å². The van der Waals surface area contributed by atoms with Gasteiger partial charge < -0.3 is 64.8 Å². The lowest BCUT2D eigenvalue weighted by atomic mass is 9.96. The number of esters is 1. The summed E-state index contributed by atoms with van der Waals surface area (Å²) in [6, 6.07) is 3.25. The second kappa shape index (κ2) is 31.4. The second-order valence-electron chi connectivity index (χ2n) is 13.3. The van der Waals surface area contributed by atoms with Crippen LogP contribution in [-0.4, -0.2) is 164 Å². The van der Waals surface area contributed by atoms with Crippen molar-refractivity contribution in [1.82, 2.24) is 21.3 Å². The van der Waals surface area contributed by atoms with Crippen molar-refractivity contribution >= 4 is 53.9 Å². The van der Waals surface area contributed by atoms with Crippen LogP contribution in [0.15, 0.2) is 23.2 Å². The number of aliphatic carboxylic acids is 1. The monoisotopic (exact) mass is 862 g/mol. The maximum absolute atomic E-state index is 13.0. The van der Waals surface area contributed by atoms with Gasteiger partial charge in [0.25, 0.3) is 11.8 Å². The molecule has 0 fully saturated rings. The Balaban J connectivity index is 2.00. The molecule has 0 saturated carbocycles. The number of ether oxygens (including phenoxy) is 7. The van der Waals surface area contributed by atoms with Gasteiger partial charge in [-0.05, 0) is 44.2 Å². The summed E-state index contributed by atoms with van der Waals surface area (Å²) in [5.41, 5.74) is 0.751. The molecule has 0 saturated heterocycles. The SMILES string of the molecule is C=N[C@@H](Cc1ccc2c(c1)NC(=O)CNC(=O)C(C)NC(=O)CCOCCOCCOCCNC(=O)C#CC(=O)NCCOCCOCCOCCC(=O)O2)CC(C)C(=O)O. The number of rotatable bonds is 6. The lowest BCUT2D eigenvalue weighted by molar-refractivity contribution is -0.141. The predicted molar refractivity (Wildman–Crippen MR) is 218 cm³/mol. The van der Waals surface area contributed by atoms with Crippen molar-refractivity contribution in [2.24, 2.45) is 10.9 Å². The van der Waals surface area contributed by atoms with Crippen molar-refractivity contribution in [3.8, 4) is 17.6 Å². The lowest BCUT2D eigenvalue weighted by Crippen LogP contribution is -2.46. The molecule has 1 aliphatic heterocycles. The molecular formula is C40H58N6O15. The highest BCUT2D eigenvalue weighted by molar-refractivity contribution is 6.02. The first kappa shape index (κ1) is 51.6. The Morgan fingerprint density at radius 3 is 1.84 bits per heavy atom. The summed E-state index contributed by atoms with van der Waals surface area (Å²) < 4.78 is 38.0. The van der Waals surface area contributed by atoms with Gasteiger partial charge in [-0.25, -0.2) is 0 Å². The van der Waals surface area contributed by atoms with Crippen LogP contribution in [0, 0.1) is 17.8 Å². The number of aliphatic imine (C=N–C) groups is 1. The maximum Gasteiger partial charge on any atom is 0.313 e. The Kier molecular flexibility index (Phi) is 26.6. The molecule has 1 aromatic carbocycles. The standard InChI is InChI=1S/C40H58N6O15/c1-28(40(53)54)24-31(41-3)25-30-4-5-33-32(26-30)46-37(50)27-44-39(52)29(2)45-36(49)8-12-55-16-20-59-22-18-57-14-10-42-34(47)6-7-35(48)43-11-15-58-19-23-60-21-17-56-13-9-38(51)61-33/h4-5,26,28-29,31H,3,8-25,27H2,1-2H3,(H,42,47)(H,43,48)(H,44,52)(H,45,49)(H,46,50)(H,53,54)/t28?,29?,31-/m1/s1. The Morgan fingerprint density at radius 1 is 0.770 bits per heavy atom. The van der Waals surface area contributed by atoms with Crippen LogP contribution in [-0.2, 0) is 68.4 Å². The lowest BCUT2D eigenvalue weighted by Gasteiger charge is -2.17. The average molecular weight is 863 g/mol. The van der Waals surface area contributed by atoms with E-state index in [4.69, 9.17) is 33.2 Å². The molecule has 1 heterocycles. The van der Waals surface area contributed by atoms with Gasteiger partial charge in [-0.15, -0.1) is 0 Å². The zero-order valence-corrected chi connectivity index (χ0v) is 34.7. The number of nitrogens with zero attached hydrogens (tertiary/aromatic N) is 1. The van der Waals surface area contributed by atoms with E-state index in [0.717, 1.165) is 0 Å². The molecule has 2 rings (SSSR count). The Labute approximate surface area is 354 Å². The van der Waals surface area contributed by atoms with Gasteiger partial charge in [-0.3, -0.25) is 38.6 Å². The van der Waals surface area contributed by atoms with Crippen molar-refractivity contribution in [1.29, 1.82) is 0 Å². The van der Waals surface area contributed by atoms with Gasteiger partial charge >= 0.3 is 11.9 Å². The molecule has 0 spiro atoms. The largest absolute Gasteiger partial charge is 0.481 e. The zero-order chi connectivity index (χ0) is 44.7. The van der Waals surface area contributed by atoms with Gasteiger partial charge in [0.15, 0.2) is 5.75 Å². The third-order valence-corrected chi connectivity index (χ3v) is 8.28. The smallest absolute Gasteiger partial charge is 0.313 e. The van der Waals surface area contributed by atoms with Crippen molar-refractivity contribution in [2.45, 2.75) is 51.6 Å². The number of carboxylic acid groups (broad SMARTS) is 1. The van der Waals surface area contributed by atoms with Crippen molar-refractivity contribution in [3.63, 3.8) is 0 Å². The molecule has 61 heavy (non-hydrogen) atoms. The van der Waals surface area contributed by atoms with E-state index >= 15 is 0 Å². The van der Waals surface area contributed by atoms with Crippen LogP contribution in [0.5, 0.6) is 5.75 Å². The van der Waals surface area contributed by atoms with Gasteiger partial charge in [-0.1, -0.05) is 13.0 Å². The normalized spacial score (nSPS) is 20.5.